The smallest absolute Gasteiger partial charge is 0.144 e. The first kappa shape index (κ1) is 13.8. The molecule has 0 fully saturated rings. The van der Waals surface area contributed by atoms with Crippen LogP contribution in [0.2, 0.25) is 5.02 Å². The van der Waals surface area contributed by atoms with Crippen LogP contribution in [0.4, 0.5) is 11.5 Å². The summed E-state index contributed by atoms with van der Waals surface area (Å²) in [4.78, 5) is 4.25. The van der Waals surface area contributed by atoms with Gasteiger partial charge in [0, 0.05) is 16.4 Å². The van der Waals surface area contributed by atoms with E-state index < -0.39 is 0 Å². The SMILES string of the molecule is Cc1cc(Nc2ncc(Cl)cc2Br)cc(C)c1Br. The third-order valence-corrected chi connectivity index (χ3v) is 4.57. The van der Waals surface area contributed by atoms with Crippen LogP contribution in [-0.4, -0.2) is 4.98 Å². The normalized spacial score (nSPS) is 10.5. The van der Waals surface area contributed by atoms with Crippen molar-refractivity contribution < 1.29 is 0 Å². The number of hydrogen-bond acceptors (Lipinski definition) is 2. The van der Waals surface area contributed by atoms with E-state index in [1.807, 2.05) is 6.07 Å². The fraction of sp³-hybridized carbons (Fsp3) is 0.154. The lowest BCUT2D eigenvalue weighted by molar-refractivity contribution is 1.27. The molecule has 1 aromatic heterocycles. The van der Waals surface area contributed by atoms with Crippen molar-refractivity contribution in [2.45, 2.75) is 13.8 Å². The maximum absolute atomic E-state index is 5.86. The molecule has 94 valence electrons. The Balaban J connectivity index is 2.34. The summed E-state index contributed by atoms with van der Waals surface area (Å²) in [5, 5.41) is 3.88. The summed E-state index contributed by atoms with van der Waals surface area (Å²) in [5.74, 6) is 0.750. The Labute approximate surface area is 128 Å². The van der Waals surface area contributed by atoms with Gasteiger partial charge in [-0.2, -0.15) is 0 Å². The predicted octanol–water partition coefficient (Wildman–Crippen LogP) is 5.62. The number of anilines is 2. The van der Waals surface area contributed by atoms with Crippen LogP contribution in [0, 0.1) is 13.8 Å². The second-order valence-electron chi connectivity index (χ2n) is 4.03. The van der Waals surface area contributed by atoms with Crippen LogP contribution in [0.15, 0.2) is 33.3 Å². The first-order chi connectivity index (χ1) is 8.47. The molecular formula is C13H11Br2ClN2. The Hall–Kier alpha value is -0.580. The quantitative estimate of drug-likeness (QED) is 0.720. The molecular weight excluding hydrogens is 379 g/mol. The molecule has 0 saturated carbocycles. The first-order valence-electron chi connectivity index (χ1n) is 5.32. The van der Waals surface area contributed by atoms with Crippen LogP contribution < -0.4 is 5.32 Å². The molecule has 0 spiro atoms. The van der Waals surface area contributed by atoms with E-state index in [-0.39, 0.29) is 0 Å². The number of nitrogens with one attached hydrogen (secondary N) is 1. The number of hydrogen-bond donors (Lipinski definition) is 1. The van der Waals surface area contributed by atoms with Crippen LogP contribution in [0.1, 0.15) is 11.1 Å². The molecule has 1 N–H and O–H groups in total. The molecule has 1 aromatic carbocycles. The molecule has 0 unspecified atom stereocenters. The predicted molar refractivity (Wildman–Crippen MR) is 83.8 cm³/mol. The zero-order valence-electron chi connectivity index (χ0n) is 9.89. The van der Waals surface area contributed by atoms with Gasteiger partial charge < -0.3 is 5.32 Å². The van der Waals surface area contributed by atoms with Crippen LogP contribution in [0.5, 0.6) is 0 Å². The fourth-order valence-corrected chi connectivity index (χ4v) is 2.63. The third kappa shape index (κ3) is 3.05. The zero-order valence-corrected chi connectivity index (χ0v) is 13.8. The van der Waals surface area contributed by atoms with Crippen molar-refractivity contribution in [3.63, 3.8) is 0 Å². The molecule has 0 bridgehead atoms. The molecule has 0 aliphatic heterocycles. The summed E-state index contributed by atoms with van der Waals surface area (Å²) in [5.41, 5.74) is 3.37. The molecule has 0 aliphatic carbocycles. The average molecular weight is 391 g/mol. The lowest BCUT2D eigenvalue weighted by Gasteiger charge is -2.11. The minimum atomic E-state index is 0.607. The molecule has 1 heterocycles. The Kier molecular flexibility index (Phi) is 4.30. The van der Waals surface area contributed by atoms with Crippen molar-refractivity contribution in [3.05, 3.63) is 49.5 Å². The van der Waals surface area contributed by atoms with Gasteiger partial charge in [-0.3, -0.25) is 0 Å². The highest BCUT2D eigenvalue weighted by Gasteiger charge is 2.06. The summed E-state index contributed by atoms with van der Waals surface area (Å²) in [7, 11) is 0. The molecule has 0 aliphatic rings. The maximum Gasteiger partial charge on any atom is 0.144 e. The number of nitrogens with zero attached hydrogens (tertiary/aromatic N) is 1. The summed E-state index contributed by atoms with van der Waals surface area (Å²) in [6.45, 7) is 4.12. The third-order valence-electron chi connectivity index (χ3n) is 2.51. The molecule has 18 heavy (non-hydrogen) atoms. The highest BCUT2D eigenvalue weighted by atomic mass is 79.9. The van der Waals surface area contributed by atoms with E-state index in [0.717, 1.165) is 20.5 Å². The van der Waals surface area contributed by atoms with Crippen molar-refractivity contribution >= 4 is 55.0 Å². The Morgan fingerprint density at radius 2 is 1.72 bits per heavy atom. The van der Waals surface area contributed by atoms with Gasteiger partial charge in [-0.05, 0) is 59.1 Å². The lowest BCUT2D eigenvalue weighted by Crippen LogP contribution is -1.96. The van der Waals surface area contributed by atoms with Crippen molar-refractivity contribution in [1.29, 1.82) is 0 Å². The minimum Gasteiger partial charge on any atom is -0.339 e. The highest BCUT2D eigenvalue weighted by Crippen LogP contribution is 2.29. The van der Waals surface area contributed by atoms with E-state index >= 15 is 0 Å². The van der Waals surface area contributed by atoms with Crippen LogP contribution in [0.25, 0.3) is 0 Å². The molecule has 2 aromatic rings. The molecule has 0 radical (unpaired) electrons. The molecule has 5 heteroatoms. The number of benzene rings is 1. The number of rotatable bonds is 2. The largest absolute Gasteiger partial charge is 0.339 e. The monoisotopic (exact) mass is 388 g/mol. The van der Waals surface area contributed by atoms with Gasteiger partial charge in [0.05, 0.1) is 9.50 Å². The van der Waals surface area contributed by atoms with E-state index in [4.69, 9.17) is 11.6 Å². The Morgan fingerprint density at radius 3 is 2.28 bits per heavy atom. The van der Waals surface area contributed by atoms with E-state index in [1.54, 1.807) is 6.20 Å². The number of halogens is 3. The molecule has 0 amide bonds. The second-order valence-corrected chi connectivity index (χ2v) is 6.12. The molecule has 2 nitrogen and oxygen atoms in total. The fourth-order valence-electron chi connectivity index (χ4n) is 1.66. The van der Waals surface area contributed by atoms with E-state index in [1.165, 1.54) is 11.1 Å². The summed E-state index contributed by atoms with van der Waals surface area (Å²) < 4.78 is 1.98. The van der Waals surface area contributed by atoms with Crippen molar-refractivity contribution in [1.82, 2.24) is 4.98 Å². The maximum atomic E-state index is 5.86. The first-order valence-corrected chi connectivity index (χ1v) is 7.28. The van der Waals surface area contributed by atoms with E-state index in [0.29, 0.717) is 5.02 Å². The van der Waals surface area contributed by atoms with Crippen LogP contribution in [-0.2, 0) is 0 Å². The topological polar surface area (TPSA) is 24.9 Å². The molecule has 0 saturated heterocycles. The lowest BCUT2D eigenvalue weighted by atomic mass is 10.1. The Bertz CT molecular complexity index is 577. The minimum absolute atomic E-state index is 0.607. The van der Waals surface area contributed by atoms with Crippen molar-refractivity contribution in [2.24, 2.45) is 0 Å². The van der Waals surface area contributed by atoms with Crippen molar-refractivity contribution in [2.75, 3.05) is 5.32 Å². The second kappa shape index (κ2) is 5.59. The number of pyridine rings is 1. The average Bonchev–Trinajstić information content (AvgIpc) is 2.29. The van der Waals surface area contributed by atoms with Crippen LogP contribution >= 0.6 is 43.5 Å². The number of aryl methyl sites for hydroxylation is 2. The number of aromatic nitrogens is 1. The van der Waals surface area contributed by atoms with Gasteiger partial charge in [-0.25, -0.2) is 4.98 Å². The summed E-state index contributed by atoms with van der Waals surface area (Å²) >= 11 is 12.9. The summed E-state index contributed by atoms with van der Waals surface area (Å²) in [6.07, 6.45) is 1.62. The Morgan fingerprint density at radius 1 is 1.11 bits per heavy atom. The van der Waals surface area contributed by atoms with E-state index in [2.05, 4.69) is 68.1 Å². The van der Waals surface area contributed by atoms with Gasteiger partial charge in [0.1, 0.15) is 5.82 Å². The molecule has 2 rings (SSSR count). The van der Waals surface area contributed by atoms with Crippen molar-refractivity contribution in [3.8, 4) is 0 Å². The van der Waals surface area contributed by atoms with Gasteiger partial charge in [-0.1, -0.05) is 27.5 Å². The van der Waals surface area contributed by atoms with Crippen LogP contribution in [0.3, 0.4) is 0 Å². The highest BCUT2D eigenvalue weighted by molar-refractivity contribution is 9.11. The molecule has 0 atom stereocenters. The summed E-state index contributed by atoms with van der Waals surface area (Å²) in [6, 6.07) is 5.95. The van der Waals surface area contributed by atoms with E-state index in [9.17, 15) is 0 Å². The van der Waals surface area contributed by atoms with Gasteiger partial charge in [-0.15, -0.1) is 0 Å². The van der Waals surface area contributed by atoms with Gasteiger partial charge in [0.15, 0.2) is 0 Å². The van der Waals surface area contributed by atoms with Gasteiger partial charge >= 0.3 is 0 Å². The van der Waals surface area contributed by atoms with Gasteiger partial charge in [0.2, 0.25) is 0 Å². The standard InChI is InChI=1S/C13H11Br2ClN2/c1-7-3-10(4-8(2)12(7)15)18-13-11(14)5-9(16)6-17-13/h3-6H,1-2H3,(H,17,18). The van der Waals surface area contributed by atoms with Gasteiger partial charge in [0.25, 0.3) is 0 Å². The zero-order chi connectivity index (χ0) is 13.3.